The van der Waals surface area contributed by atoms with Crippen molar-refractivity contribution in [2.75, 3.05) is 42.9 Å². The Morgan fingerprint density at radius 2 is 1.77 bits per heavy atom. The lowest BCUT2D eigenvalue weighted by atomic mass is 9.98. The third kappa shape index (κ3) is 5.92. The van der Waals surface area contributed by atoms with Gasteiger partial charge in [-0.1, -0.05) is 13.0 Å². The van der Waals surface area contributed by atoms with E-state index in [-0.39, 0.29) is 5.91 Å². The largest absolute Gasteiger partial charge is 0.369 e. The second kappa shape index (κ2) is 11.3. The van der Waals surface area contributed by atoms with Gasteiger partial charge in [-0.2, -0.15) is 0 Å². The Bertz CT molecular complexity index is 1450. The molecule has 0 bridgehead atoms. The van der Waals surface area contributed by atoms with Crippen LogP contribution in [0.1, 0.15) is 46.8 Å². The van der Waals surface area contributed by atoms with Crippen LogP contribution < -0.4 is 15.5 Å². The van der Waals surface area contributed by atoms with Gasteiger partial charge >= 0.3 is 0 Å². The van der Waals surface area contributed by atoms with E-state index in [1.165, 1.54) is 22.4 Å². The molecule has 2 aromatic carbocycles. The number of nitrogens with one attached hydrogen (secondary N) is 2. The van der Waals surface area contributed by atoms with Gasteiger partial charge in [0.05, 0.1) is 10.2 Å². The molecule has 1 saturated carbocycles. The van der Waals surface area contributed by atoms with Gasteiger partial charge < -0.3 is 20.4 Å². The van der Waals surface area contributed by atoms with Gasteiger partial charge in [-0.3, -0.25) is 4.79 Å². The number of likely N-dealkylation sites (N-methyl/N-ethyl adjacent to an activating group) is 1. The Morgan fingerprint density at radius 1 is 1.00 bits per heavy atom. The second-order valence-corrected chi connectivity index (χ2v) is 11.5. The van der Waals surface area contributed by atoms with Gasteiger partial charge in [0.15, 0.2) is 5.82 Å². The summed E-state index contributed by atoms with van der Waals surface area (Å²) in [6.07, 6.45) is 5.57. The van der Waals surface area contributed by atoms with Crippen molar-refractivity contribution < 1.29 is 4.79 Å². The number of thiophene rings is 1. The number of aryl methyl sites for hydroxylation is 3. The number of rotatable bonds is 9. The maximum absolute atomic E-state index is 12.5. The highest BCUT2D eigenvalue weighted by atomic mass is 32.1. The van der Waals surface area contributed by atoms with Crippen molar-refractivity contribution in [1.29, 1.82) is 0 Å². The lowest BCUT2D eigenvalue weighted by Crippen LogP contribution is -2.46. The SMILES string of the molecule is CCN1CCN(c2ccc(Nc3ncnc4c(CCc5cc(C(=O)NC6CC6)ccc5C)csc34)cc2)CC1. The summed E-state index contributed by atoms with van der Waals surface area (Å²) in [5.74, 6) is 0.880. The molecule has 4 aromatic rings. The fraction of sp³-hybridized carbons (Fsp3) is 0.387. The lowest BCUT2D eigenvalue weighted by molar-refractivity contribution is 0.0951. The van der Waals surface area contributed by atoms with E-state index >= 15 is 0 Å². The van der Waals surface area contributed by atoms with Crippen molar-refractivity contribution >= 4 is 44.7 Å². The van der Waals surface area contributed by atoms with Gasteiger partial charge in [0.2, 0.25) is 0 Å². The third-order valence-corrected chi connectivity index (χ3v) is 8.95. The number of hydrogen-bond donors (Lipinski definition) is 2. The van der Waals surface area contributed by atoms with Crippen LogP contribution in [0.25, 0.3) is 10.2 Å². The van der Waals surface area contributed by atoms with Crippen molar-refractivity contribution in [1.82, 2.24) is 20.2 Å². The minimum Gasteiger partial charge on any atom is -0.369 e. The molecule has 1 saturated heterocycles. The smallest absolute Gasteiger partial charge is 0.251 e. The standard InChI is InChI=1S/C31H36N6OS/c1-3-36-14-16-37(17-15-36)27-12-10-25(11-13-27)34-30-29-28(32-20-33-30)24(19-39-29)7-6-22-18-23(5-4-21(22)2)31(38)35-26-8-9-26/h4-5,10-13,18-20,26H,3,6-9,14-17H2,1-2H3,(H,35,38)(H,32,33,34). The van der Waals surface area contributed by atoms with Crippen LogP contribution in [0, 0.1) is 6.92 Å². The van der Waals surface area contributed by atoms with E-state index in [1.54, 1.807) is 17.7 Å². The molecule has 7 nitrogen and oxygen atoms in total. The molecule has 0 unspecified atom stereocenters. The van der Waals surface area contributed by atoms with Gasteiger partial charge in [-0.05, 0) is 97.6 Å². The molecule has 2 N–H and O–H groups in total. The molecule has 202 valence electrons. The lowest BCUT2D eigenvalue weighted by Gasteiger charge is -2.35. The van der Waals surface area contributed by atoms with Crippen LogP contribution >= 0.6 is 11.3 Å². The second-order valence-electron chi connectivity index (χ2n) is 10.6. The maximum atomic E-state index is 12.5. The molecule has 8 heteroatoms. The molecule has 6 rings (SSSR count). The van der Waals surface area contributed by atoms with Gasteiger partial charge in [0, 0.05) is 49.2 Å². The van der Waals surface area contributed by atoms with Crippen LogP contribution in [-0.2, 0) is 12.8 Å². The molecule has 2 aliphatic rings. The summed E-state index contributed by atoms with van der Waals surface area (Å²) < 4.78 is 1.07. The summed E-state index contributed by atoms with van der Waals surface area (Å²) in [5.41, 5.74) is 7.69. The molecule has 0 atom stereocenters. The first-order valence-electron chi connectivity index (χ1n) is 14.0. The van der Waals surface area contributed by atoms with Crippen molar-refractivity contribution in [2.24, 2.45) is 0 Å². The Kier molecular flexibility index (Phi) is 7.48. The van der Waals surface area contributed by atoms with Gasteiger partial charge in [-0.25, -0.2) is 9.97 Å². The predicted molar refractivity (Wildman–Crippen MR) is 161 cm³/mol. The topological polar surface area (TPSA) is 73.4 Å². The molecule has 1 amide bonds. The van der Waals surface area contributed by atoms with Crippen LogP contribution in [0.2, 0.25) is 0 Å². The zero-order valence-electron chi connectivity index (χ0n) is 22.7. The van der Waals surface area contributed by atoms with Crippen molar-refractivity contribution in [3.05, 3.63) is 76.4 Å². The number of benzene rings is 2. The molecule has 1 aliphatic carbocycles. The fourth-order valence-corrected chi connectivity index (χ4v) is 6.23. The Balaban J connectivity index is 1.13. The molecular weight excluding hydrogens is 504 g/mol. The number of carbonyl (C=O) groups is 1. The van der Waals surface area contributed by atoms with E-state index < -0.39 is 0 Å². The molecule has 0 spiro atoms. The summed E-state index contributed by atoms with van der Waals surface area (Å²) in [6.45, 7) is 9.86. The van der Waals surface area contributed by atoms with Crippen LogP contribution in [0.3, 0.4) is 0 Å². The fourth-order valence-electron chi connectivity index (χ4n) is 5.23. The zero-order valence-corrected chi connectivity index (χ0v) is 23.6. The van der Waals surface area contributed by atoms with Crippen LogP contribution in [-0.4, -0.2) is 59.5 Å². The van der Waals surface area contributed by atoms with Crippen LogP contribution in [0.4, 0.5) is 17.2 Å². The summed E-state index contributed by atoms with van der Waals surface area (Å²) in [4.78, 5) is 26.7. The highest BCUT2D eigenvalue weighted by Crippen LogP contribution is 2.32. The van der Waals surface area contributed by atoms with Crippen molar-refractivity contribution in [2.45, 2.75) is 45.6 Å². The molecule has 2 aromatic heterocycles. The number of amides is 1. The summed E-state index contributed by atoms with van der Waals surface area (Å²) in [5, 5.41) is 8.81. The average molecular weight is 541 g/mol. The first-order chi connectivity index (χ1) is 19.1. The minimum atomic E-state index is 0.0373. The van der Waals surface area contributed by atoms with Crippen molar-refractivity contribution in [3.8, 4) is 0 Å². The number of fused-ring (bicyclic) bond motifs is 1. The van der Waals surface area contributed by atoms with E-state index in [9.17, 15) is 4.79 Å². The van der Waals surface area contributed by atoms with E-state index in [1.807, 2.05) is 6.07 Å². The van der Waals surface area contributed by atoms with Crippen LogP contribution in [0.15, 0.2) is 54.2 Å². The van der Waals surface area contributed by atoms with E-state index in [2.05, 4.69) is 86.0 Å². The zero-order chi connectivity index (χ0) is 26.8. The Labute approximate surface area is 234 Å². The first-order valence-corrected chi connectivity index (χ1v) is 14.9. The minimum absolute atomic E-state index is 0.0373. The monoisotopic (exact) mass is 540 g/mol. The predicted octanol–water partition coefficient (Wildman–Crippen LogP) is 5.56. The number of nitrogens with zero attached hydrogens (tertiary/aromatic N) is 4. The normalized spacial score (nSPS) is 16.0. The molecule has 2 fully saturated rings. The van der Waals surface area contributed by atoms with Gasteiger partial charge in [0.1, 0.15) is 6.33 Å². The van der Waals surface area contributed by atoms with Crippen molar-refractivity contribution in [3.63, 3.8) is 0 Å². The molecule has 0 radical (unpaired) electrons. The summed E-state index contributed by atoms with van der Waals surface area (Å²) in [7, 11) is 0. The van der Waals surface area contributed by atoms with Crippen LogP contribution in [0.5, 0.6) is 0 Å². The average Bonchev–Trinajstić information content (AvgIpc) is 3.69. The quantitative estimate of drug-likeness (QED) is 0.290. The number of hydrogen-bond acceptors (Lipinski definition) is 7. The highest BCUT2D eigenvalue weighted by Gasteiger charge is 2.24. The van der Waals surface area contributed by atoms with E-state index in [4.69, 9.17) is 0 Å². The Hall–Kier alpha value is -3.49. The first kappa shape index (κ1) is 25.8. The summed E-state index contributed by atoms with van der Waals surface area (Å²) >= 11 is 1.68. The molecule has 3 heterocycles. The molecule has 1 aliphatic heterocycles. The third-order valence-electron chi connectivity index (χ3n) is 7.93. The summed E-state index contributed by atoms with van der Waals surface area (Å²) in [6, 6.07) is 15.1. The number of anilines is 3. The van der Waals surface area contributed by atoms with E-state index in [0.717, 1.165) is 85.7 Å². The number of carbonyl (C=O) groups excluding carboxylic acids is 1. The molecule has 39 heavy (non-hydrogen) atoms. The number of piperazine rings is 1. The number of aromatic nitrogens is 2. The van der Waals surface area contributed by atoms with E-state index in [0.29, 0.717) is 6.04 Å². The van der Waals surface area contributed by atoms with Gasteiger partial charge in [-0.15, -0.1) is 11.3 Å². The maximum Gasteiger partial charge on any atom is 0.251 e. The van der Waals surface area contributed by atoms with Gasteiger partial charge in [0.25, 0.3) is 5.91 Å². The Morgan fingerprint density at radius 3 is 2.51 bits per heavy atom. The molecular formula is C31H36N6OS. The highest BCUT2D eigenvalue weighted by molar-refractivity contribution is 7.18.